The SMILES string of the molecule is O=c1c(NCCc2ccc(F)cc2)c(Nc2ccc(Cl)cc2)c1=O. The van der Waals surface area contributed by atoms with Crippen LogP contribution < -0.4 is 21.5 Å². The monoisotopic (exact) mass is 344 g/mol. The molecule has 0 spiro atoms. The second kappa shape index (κ2) is 6.84. The second-order valence-corrected chi connectivity index (χ2v) is 5.78. The maximum Gasteiger partial charge on any atom is 0.253 e. The van der Waals surface area contributed by atoms with Gasteiger partial charge in [-0.1, -0.05) is 23.7 Å². The first-order valence-electron chi connectivity index (χ1n) is 7.39. The summed E-state index contributed by atoms with van der Waals surface area (Å²) in [6.07, 6.45) is 0.611. The number of nitrogens with one attached hydrogen (secondary N) is 2. The van der Waals surface area contributed by atoms with Crippen LogP contribution in [-0.4, -0.2) is 6.54 Å². The molecule has 0 saturated carbocycles. The minimum Gasteiger partial charge on any atom is -0.380 e. The molecule has 0 aliphatic heterocycles. The summed E-state index contributed by atoms with van der Waals surface area (Å²) >= 11 is 5.82. The fraction of sp³-hybridized carbons (Fsp3) is 0.111. The molecule has 0 fully saturated rings. The lowest BCUT2D eigenvalue weighted by Gasteiger charge is -2.15. The maximum atomic E-state index is 12.9. The zero-order valence-corrected chi connectivity index (χ0v) is 13.4. The summed E-state index contributed by atoms with van der Waals surface area (Å²) in [6, 6.07) is 13.0. The van der Waals surface area contributed by atoms with Crippen LogP contribution in [0.25, 0.3) is 0 Å². The smallest absolute Gasteiger partial charge is 0.253 e. The standard InChI is InChI=1S/C18H14ClFN2O2/c19-12-3-7-14(8-4-12)22-16-15(17(23)18(16)24)21-10-9-11-1-5-13(20)6-2-11/h1-8,21-22H,9-10H2. The minimum atomic E-state index is -0.547. The molecule has 24 heavy (non-hydrogen) atoms. The third kappa shape index (κ3) is 3.46. The molecule has 0 unspecified atom stereocenters. The molecule has 0 atom stereocenters. The van der Waals surface area contributed by atoms with E-state index in [4.69, 9.17) is 11.6 Å². The number of benzene rings is 2. The molecule has 3 rings (SSSR count). The van der Waals surface area contributed by atoms with Crippen molar-refractivity contribution in [1.82, 2.24) is 0 Å². The topological polar surface area (TPSA) is 58.2 Å². The highest BCUT2D eigenvalue weighted by Gasteiger charge is 2.20. The predicted molar refractivity (Wildman–Crippen MR) is 94.7 cm³/mol. The van der Waals surface area contributed by atoms with Gasteiger partial charge in [-0.05, 0) is 48.4 Å². The van der Waals surface area contributed by atoms with Gasteiger partial charge in [-0.25, -0.2) is 4.39 Å². The molecule has 2 N–H and O–H groups in total. The fourth-order valence-corrected chi connectivity index (χ4v) is 2.47. The van der Waals surface area contributed by atoms with Crippen LogP contribution in [0.15, 0.2) is 58.1 Å². The van der Waals surface area contributed by atoms with Crippen LogP contribution in [0.4, 0.5) is 21.5 Å². The number of anilines is 3. The first-order valence-corrected chi connectivity index (χ1v) is 7.76. The zero-order valence-electron chi connectivity index (χ0n) is 12.6. The van der Waals surface area contributed by atoms with E-state index >= 15 is 0 Å². The largest absolute Gasteiger partial charge is 0.380 e. The van der Waals surface area contributed by atoms with Crippen LogP contribution in [0, 0.1) is 5.82 Å². The van der Waals surface area contributed by atoms with Crippen molar-refractivity contribution in [3.63, 3.8) is 0 Å². The highest BCUT2D eigenvalue weighted by molar-refractivity contribution is 6.30. The minimum absolute atomic E-state index is 0.251. The molecule has 0 radical (unpaired) electrons. The van der Waals surface area contributed by atoms with Gasteiger partial charge in [-0.2, -0.15) is 0 Å². The predicted octanol–water partition coefficient (Wildman–Crippen LogP) is 3.47. The van der Waals surface area contributed by atoms with Crippen molar-refractivity contribution in [1.29, 1.82) is 0 Å². The van der Waals surface area contributed by atoms with Gasteiger partial charge in [0, 0.05) is 17.3 Å². The van der Waals surface area contributed by atoms with Gasteiger partial charge in [-0.3, -0.25) is 9.59 Å². The molecule has 122 valence electrons. The van der Waals surface area contributed by atoms with E-state index in [2.05, 4.69) is 10.6 Å². The Hall–Kier alpha value is -2.66. The van der Waals surface area contributed by atoms with E-state index in [-0.39, 0.29) is 17.2 Å². The molecular formula is C18H14ClFN2O2. The van der Waals surface area contributed by atoms with Crippen molar-refractivity contribution in [2.45, 2.75) is 6.42 Å². The quantitative estimate of drug-likeness (QED) is 0.672. The molecular weight excluding hydrogens is 331 g/mol. The van der Waals surface area contributed by atoms with Gasteiger partial charge in [-0.15, -0.1) is 0 Å². The molecule has 0 heterocycles. The summed E-state index contributed by atoms with van der Waals surface area (Å²) in [5.41, 5.74) is 1.06. The molecule has 3 aromatic rings. The van der Waals surface area contributed by atoms with E-state index in [0.29, 0.717) is 23.7 Å². The first-order chi connectivity index (χ1) is 11.5. The van der Waals surface area contributed by atoms with Gasteiger partial charge >= 0.3 is 0 Å². The van der Waals surface area contributed by atoms with E-state index in [0.717, 1.165) is 5.56 Å². The normalized spacial score (nSPS) is 10.8. The molecule has 4 nitrogen and oxygen atoms in total. The third-order valence-corrected chi connectivity index (χ3v) is 3.90. The second-order valence-electron chi connectivity index (χ2n) is 5.34. The average molecular weight is 345 g/mol. The van der Waals surface area contributed by atoms with E-state index in [1.54, 1.807) is 36.4 Å². The van der Waals surface area contributed by atoms with Crippen LogP contribution in [0.2, 0.25) is 5.02 Å². The Morgan fingerprint density at radius 2 is 1.50 bits per heavy atom. The van der Waals surface area contributed by atoms with Crippen molar-refractivity contribution in [2.24, 2.45) is 0 Å². The summed E-state index contributed by atoms with van der Waals surface area (Å²) in [4.78, 5) is 23.5. The lowest BCUT2D eigenvalue weighted by molar-refractivity contribution is 0.627. The summed E-state index contributed by atoms with van der Waals surface area (Å²) in [7, 11) is 0. The third-order valence-electron chi connectivity index (χ3n) is 3.65. The molecule has 0 amide bonds. The van der Waals surface area contributed by atoms with Gasteiger partial charge in [0.15, 0.2) is 0 Å². The average Bonchev–Trinajstić information content (AvgIpc) is 2.60. The summed E-state index contributed by atoms with van der Waals surface area (Å²) < 4.78 is 12.9. The van der Waals surface area contributed by atoms with E-state index in [9.17, 15) is 14.0 Å². The number of rotatable bonds is 6. The Morgan fingerprint density at radius 3 is 2.17 bits per heavy atom. The summed E-state index contributed by atoms with van der Waals surface area (Å²) in [6.45, 7) is 0.464. The van der Waals surface area contributed by atoms with Crippen LogP contribution in [0.5, 0.6) is 0 Å². The Bertz CT molecular complexity index is 914. The highest BCUT2D eigenvalue weighted by Crippen LogP contribution is 2.22. The Balaban J connectivity index is 1.65. The van der Waals surface area contributed by atoms with Crippen LogP contribution in [-0.2, 0) is 6.42 Å². The number of halogens is 2. The van der Waals surface area contributed by atoms with Crippen LogP contribution in [0.1, 0.15) is 5.56 Å². The van der Waals surface area contributed by atoms with E-state index in [1.807, 2.05) is 0 Å². The van der Waals surface area contributed by atoms with Gasteiger partial charge in [0.1, 0.15) is 17.2 Å². The maximum absolute atomic E-state index is 12.9. The Labute approximate surface area is 142 Å². The zero-order chi connectivity index (χ0) is 17.1. The van der Waals surface area contributed by atoms with Crippen LogP contribution in [0.3, 0.4) is 0 Å². The molecule has 0 bridgehead atoms. The molecule has 0 aliphatic carbocycles. The fourth-order valence-electron chi connectivity index (χ4n) is 2.34. The number of hydrogen-bond donors (Lipinski definition) is 2. The van der Waals surface area contributed by atoms with Gasteiger partial charge in [0.2, 0.25) is 0 Å². The van der Waals surface area contributed by atoms with Gasteiger partial charge in [0.05, 0.1) is 0 Å². The van der Waals surface area contributed by atoms with Crippen molar-refractivity contribution in [3.8, 4) is 0 Å². The highest BCUT2D eigenvalue weighted by atomic mass is 35.5. The Morgan fingerprint density at radius 1 is 0.875 bits per heavy atom. The molecule has 0 aliphatic rings. The lowest BCUT2D eigenvalue weighted by Crippen LogP contribution is -2.37. The molecule has 6 heteroatoms. The van der Waals surface area contributed by atoms with Crippen molar-refractivity contribution in [2.75, 3.05) is 17.2 Å². The van der Waals surface area contributed by atoms with Gasteiger partial charge < -0.3 is 10.6 Å². The van der Waals surface area contributed by atoms with Crippen molar-refractivity contribution in [3.05, 3.63) is 85.4 Å². The van der Waals surface area contributed by atoms with E-state index < -0.39 is 10.9 Å². The van der Waals surface area contributed by atoms with Crippen LogP contribution >= 0.6 is 11.6 Å². The lowest BCUT2D eigenvalue weighted by atomic mass is 10.1. The van der Waals surface area contributed by atoms with Crippen molar-refractivity contribution < 1.29 is 4.39 Å². The molecule has 0 aromatic heterocycles. The number of hydrogen-bond acceptors (Lipinski definition) is 4. The Kier molecular flexibility index (Phi) is 4.62. The summed E-state index contributed by atoms with van der Waals surface area (Å²) in [5.74, 6) is -0.288. The molecule has 0 saturated heterocycles. The summed E-state index contributed by atoms with van der Waals surface area (Å²) in [5, 5.41) is 6.49. The van der Waals surface area contributed by atoms with E-state index in [1.165, 1.54) is 12.1 Å². The van der Waals surface area contributed by atoms with Crippen molar-refractivity contribution >= 4 is 28.7 Å². The molecule has 3 aromatic carbocycles. The first kappa shape index (κ1) is 16.2. The van der Waals surface area contributed by atoms with Gasteiger partial charge in [0.25, 0.3) is 10.9 Å².